The minimum atomic E-state index is -3.60. The van der Waals surface area contributed by atoms with Crippen molar-refractivity contribution in [1.82, 2.24) is 9.97 Å². The highest BCUT2D eigenvalue weighted by Crippen LogP contribution is 2.46. The quantitative estimate of drug-likeness (QED) is 0.846. The van der Waals surface area contributed by atoms with E-state index in [1.165, 1.54) is 12.4 Å². The van der Waals surface area contributed by atoms with Gasteiger partial charge in [-0.25, -0.2) is 13.4 Å². The normalized spacial score (nSPS) is 21.7. The molecule has 2 aromatic rings. The van der Waals surface area contributed by atoms with Crippen LogP contribution in [0.5, 0.6) is 0 Å². The molecule has 0 radical (unpaired) electrons. The Kier molecular flexibility index (Phi) is 2.83. The van der Waals surface area contributed by atoms with Crippen molar-refractivity contribution in [2.75, 3.05) is 11.9 Å². The van der Waals surface area contributed by atoms with Gasteiger partial charge in [0.1, 0.15) is 11.5 Å². The zero-order chi connectivity index (χ0) is 13.5. The topological polar surface area (TPSA) is 72.0 Å². The average molecular weight is 340 g/mol. The largest absolute Gasteiger partial charge is 0.366 e. The number of rotatable bonds is 2. The van der Waals surface area contributed by atoms with E-state index in [9.17, 15) is 8.42 Å². The molecule has 0 aliphatic carbocycles. The van der Waals surface area contributed by atoms with E-state index in [0.29, 0.717) is 11.5 Å². The molecule has 1 aromatic heterocycles. The first-order valence-corrected chi connectivity index (χ1v) is 7.87. The molecule has 1 N–H and O–H groups in total. The minimum absolute atomic E-state index is 0.198. The molecule has 5 nitrogen and oxygen atoms in total. The highest BCUT2D eigenvalue weighted by molar-refractivity contribution is 9.11. The molecule has 0 saturated heterocycles. The zero-order valence-electron chi connectivity index (χ0n) is 9.75. The molecular formula is C12H10BrN3O2S. The number of benzene rings is 1. The molecule has 1 aliphatic heterocycles. The second-order valence-corrected chi connectivity index (χ2v) is 8.21. The van der Waals surface area contributed by atoms with Gasteiger partial charge in [-0.05, 0) is 12.1 Å². The number of hydrogen-bond donors (Lipinski definition) is 1. The fourth-order valence-corrected chi connectivity index (χ4v) is 4.58. The number of anilines is 1. The number of hydrogen-bond acceptors (Lipinski definition) is 5. The van der Waals surface area contributed by atoms with E-state index >= 15 is 0 Å². The lowest BCUT2D eigenvalue weighted by molar-refractivity contribution is 0.580. The molecular weight excluding hydrogens is 330 g/mol. The molecule has 1 unspecified atom stereocenters. The van der Waals surface area contributed by atoms with E-state index in [-0.39, 0.29) is 11.4 Å². The van der Waals surface area contributed by atoms with Gasteiger partial charge in [0.15, 0.2) is 3.66 Å². The maximum atomic E-state index is 12.8. The summed E-state index contributed by atoms with van der Waals surface area (Å²) in [7, 11) is -3.60. The summed E-state index contributed by atoms with van der Waals surface area (Å²) in [6.45, 7) is 0.198. The molecule has 7 heteroatoms. The van der Waals surface area contributed by atoms with Crippen LogP contribution in [0.2, 0.25) is 0 Å². The van der Waals surface area contributed by atoms with Crippen LogP contribution in [0.15, 0.2) is 47.6 Å². The molecule has 98 valence electrons. The second-order valence-electron chi connectivity index (χ2n) is 4.15. The van der Waals surface area contributed by atoms with Crippen LogP contribution in [0.3, 0.4) is 0 Å². The number of alkyl halides is 1. The molecule has 3 rings (SSSR count). The summed E-state index contributed by atoms with van der Waals surface area (Å²) in [5, 5.41) is 2.97. The molecule has 2 heterocycles. The molecule has 0 spiro atoms. The summed E-state index contributed by atoms with van der Waals surface area (Å²) < 4.78 is 24.3. The first kappa shape index (κ1) is 12.6. The van der Waals surface area contributed by atoms with Crippen LogP contribution < -0.4 is 5.32 Å². The number of halogens is 1. The third kappa shape index (κ3) is 1.76. The van der Waals surface area contributed by atoms with Gasteiger partial charge in [-0.15, -0.1) is 0 Å². The van der Waals surface area contributed by atoms with Crippen LogP contribution in [0.1, 0.15) is 5.69 Å². The van der Waals surface area contributed by atoms with Crippen molar-refractivity contribution in [1.29, 1.82) is 0 Å². The predicted molar refractivity (Wildman–Crippen MR) is 74.8 cm³/mol. The van der Waals surface area contributed by atoms with Crippen molar-refractivity contribution in [2.45, 2.75) is 8.55 Å². The Morgan fingerprint density at radius 3 is 2.58 bits per heavy atom. The smallest absolute Gasteiger partial charge is 0.201 e. The van der Waals surface area contributed by atoms with Gasteiger partial charge >= 0.3 is 0 Å². The average Bonchev–Trinajstić information content (AvgIpc) is 2.80. The summed E-state index contributed by atoms with van der Waals surface area (Å²) in [5.74, 6) is 0.499. The van der Waals surface area contributed by atoms with Crippen molar-refractivity contribution in [2.24, 2.45) is 0 Å². The molecule has 1 aromatic carbocycles. The standard InChI is InChI=1S/C12H10BrN3O2S/c13-12(8-16-11-10(12)14-6-7-15-11)19(17,18)9-4-2-1-3-5-9/h1-7H,8H2,(H,15,16). The molecule has 19 heavy (non-hydrogen) atoms. The number of fused-ring (bicyclic) bond motifs is 1. The van der Waals surface area contributed by atoms with Crippen molar-refractivity contribution >= 4 is 31.6 Å². The highest BCUT2D eigenvalue weighted by Gasteiger charge is 2.50. The zero-order valence-corrected chi connectivity index (χ0v) is 12.1. The lowest BCUT2D eigenvalue weighted by Crippen LogP contribution is -2.32. The monoisotopic (exact) mass is 339 g/mol. The van der Waals surface area contributed by atoms with Crippen molar-refractivity contribution in [3.63, 3.8) is 0 Å². The van der Waals surface area contributed by atoms with Gasteiger partial charge in [-0.1, -0.05) is 34.1 Å². The number of aromatic nitrogens is 2. The van der Waals surface area contributed by atoms with E-state index in [1.807, 2.05) is 0 Å². The van der Waals surface area contributed by atoms with Crippen LogP contribution in [0.4, 0.5) is 5.82 Å². The third-order valence-corrected chi connectivity index (χ3v) is 7.03. The highest BCUT2D eigenvalue weighted by atomic mass is 79.9. The summed E-state index contributed by atoms with van der Waals surface area (Å²) >= 11 is 3.35. The lowest BCUT2D eigenvalue weighted by Gasteiger charge is -2.20. The van der Waals surface area contributed by atoms with Crippen molar-refractivity contribution in [3.8, 4) is 0 Å². The van der Waals surface area contributed by atoms with Crippen LogP contribution in [0, 0.1) is 0 Å². The predicted octanol–water partition coefficient (Wildman–Crippen LogP) is 1.92. The van der Waals surface area contributed by atoms with Crippen molar-refractivity contribution < 1.29 is 8.42 Å². The van der Waals surface area contributed by atoms with E-state index in [1.54, 1.807) is 30.3 Å². The Bertz CT molecular complexity index is 721. The first-order valence-electron chi connectivity index (χ1n) is 5.60. The number of nitrogens with one attached hydrogen (secondary N) is 1. The van der Waals surface area contributed by atoms with Crippen LogP contribution in [-0.4, -0.2) is 24.9 Å². The fourth-order valence-electron chi connectivity index (χ4n) is 2.03. The van der Waals surface area contributed by atoms with Gasteiger partial charge in [-0.3, -0.25) is 4.98 Å². The van der Waals surface area contributed by atoms with Crippen LogP contribution >= 0.6 is 15.9 Å². The SMILES string of the molecule is O=S(=O)(c1ccccc1)C1(Br)CNc2nccnc21. The minimum Gasteiger partial charge on any atom is -0.366 e. The second kappa shape index (κ2) is 4.28. The van der Waals surface area contributed by atoms with Gasteiger partial charge < -0.3 is 5.32 Å². The van der Waals surface area contributed by atoms with Gasteiger partial charge in [0.05, 0.1) is 11.4 Å². The van der Waals surface area contributed by atoms with Gasteiger partial charge in [0, 0.05) is 12.4 Å². The Morgan fingerprint density at radius 2 is 1.84 bits per heavy atom. The van der Waals surface area contributed by atoms with Crippen LogP contribution in [-0.2, 0) is 13.5 Å². The van der Waals surface area contributed by atoms with E-state index in [4.69, 9.17) is 0 Å². The number of sulfone groups is 1. The first-order chi connectivity index (χ1) is 9.06. The molecule has 0 amide bonds. The Morgan fingerprint density at radius 1 is 1.16 bits per heavy atom. The summed E-state index contributed by atoms with van der Waals surface area (Å²) in [5.41, 5.74) is 0.402. The van der Waals surface area contributed by atoms with Gasteiger partial charge in [0.25, 0.3) is 0 Å². The molecule has 1 aliphatic rings. The molecule has 0 bridgehead atoms. The van der Waals surface area contributed by atoms with Crippen molar-refractivity contribution in [3.05, 3.63) is 48.4 Å². The third-order valence-electron chi connectivity index (χ3n) is 3.01. The number of nitrogens with zero attached hydrogens (tertiary/aromatic N) is 2. The molecule has 0 fully saturated rings. The van der Waals surface area contributed by atoms with Gasteiger partial charge in [0.2, 0.25) is 9.84 Å². The Balaban J connectivity index is 2.18. The van der Waals surface area contributed by atoms with Crippen LogP contribution in [0.25, 0.3) is 0 Å². The lowest BCUT2D eigenvalue weighted by atomic mass is 10.3. The van der Waals surface area contributed by atoms with E-state index < -0.39 is 13.5 Å². The molecule has 1 atom stereocenters. The van der Waals surface area contributed by atoms with Gasteiger partial charge in [-0.2, -0.15) is 0 Å². The summed E-state index contributed by atoms with van der Waals surface area (Å²) in [6, 6.07) is 8.33. The Hall–Kier alpha value is -1.47. The van der Waals surface area contributed by atoms with E-state index in [2.05, 4.69) is 31.2 Å². The summed E-state index contributed by atoms with van der Waals surface area (Å²) in [4.78, 5) is 8.50. The Labute approximate surface area is 119 Å². The van der Waals surface area contributed by atoms with E-state index in [0.717, 1.165) is 0 Å². The maximum Gasteiger partial charge on any atom is 0.201 e. The summed E-state index contributed by atoms with van der Waals surface area (Å²) in [6.07, 6.45) is 3.02. The molecule has 0 saturated carbocycles. The fraction of sp³-hybridized carbons (Fsp3) is 0.167. The maximum absolute atomic E-state index is 12.8.